The molecular weight excluding hydrogens is 598 g/mol. The Morgan fingerprint density at radius 2 is 1.96 bits per heavy atom. The van der Waals surface area contributed by atoms with Crippen LogP contribution in [0.25, 0.3) is 11.0 Å². The molecule has 4 N–H and O–H groups in total. The van der Waals surface area contributed by atoms with Crippen LogP contribution in [0.5, 0.6) is 0 Å². The van der Waals surface area contributed by atoms with E-state index in [0.717, 1.165) is 87.6 Å². The molecule has 0 aromatic carbocycles. The fraction of sp³-hybridized carbons (Fsp3) is 0.515. The van der Waals surface area contributed by atoms with Crippen molar-refractivity contribution in [1.82, 2.24) is 39.9 Å². The van der Waals surface area contributed by atoms with Crippen molar-refractivity contribution in [2.75, 3.05) is 68.0 Å². The van der Waals surface area contributed by atoms with E-state index < -0.39 is 0 Å². The van der Waals surface area contributed by atoms with E-state index in [1.165, 1.54) is 0 Å². The Balaban J connectivity index is 1.09. The molecular formula is C33H45N11O3. The number of aromatic nitrogens is 6. The van der Waals surface area contributed by atoms with E-state index in [2.05, 4.69) is 52.7 Å². The SMILES string of the molecule is CC[C@@H]1CN(CCNC(=O)c2cnc(C)c(Nc3nn(C)c4nc(Nc5ccnc(N6CCC(CCO)CC6)c5)ncc34)c2)CCO1. The number of fused-ring (bicyclic) bond motifs is 1. The van der Waals surface area contributed by atoms with Gasteiger partial charge in [-0.3, -0.25) is 14.7 Å². The van der Waals surface area contributed by atoms with E-state index in [4.69, 9.17) is 9.72 Å². The summed E-state index contributed by atoms with van der Waals surface area (Å²) in [6, 6.07) is 5.71. The Labute approximate surface area is 275 Å². The average Bonchev–Trinajstić information content (AvgIpc) is 3.40. The molecule has 14 heteroatoms. The Kier molecular flexibility index (Phi) is 10.4. The molecule has 1 amide bonds. The van der Waals surface area contributed by atoms with Crippen molar-refractivity contribution in [3.63, 3.8) is 0 Å². The monoisotopic (exact) mass is 643 g/mol. The van der Waals surface area contributed by atoms with Crippen molar-refractivity contribution in [2.45, 2.75) is 45.6 Å². The molecule has 0 bridgehead atoms. The predicted octanol–water partition coefficient (Wildman–Crippen LogP) is 3.39. The standard InChI is InChI=1S/C33H45N11O3/c1-4-26-21-43(14-16-47-26)13-10-35-32(46)24-17-28(22(2)36-19-24)39-30-27-20-37-33(40-31(27)42(3)41-30)38-25-5-9-34-29(18-25)44-11-6-23(7-12-44)8-15-45/h5,9,17-20,23,26,45H,4,6-8,10-16,21H2,1-3H3,(H,35,46)(H,39,41)(H,34,37,38,40)/t26-/m1/s1. The second-order valence-corrected chi connectivity index (χ2v) is 12.3. The van der Waals surface area contributed by atoms with Gasteiger partial charge in [-0.1, -0.05) is 6.92 Å². The van der Waals surface area contributed by atoms with Crippen LogP contribution in [0.15, 0.2) is 36.8 Å². The number of amides is 1. The lowest BCUT2D eigenvalue weighted by Gasteiger charge is -2.32. The number of aryl methyl sites for hydroxylation is 2. The third-order valence-electron chi connectivity index (χ3n) is 9.05. The first-order chi connectivity index (χ1) is 22.9. The quantitative estimate of drug-likeness (QED) is 0.179. The number of aliphatic hydroxyl groups excluding tert-OH is 1. The molecule has 6 heterocycles. The Bertz CT molecular complexity index is 1670. The van der Waals surface area contributed by atoms with Crippen molar-refractivity contribution < 1.29 is 14.6 Å². The molecule has 2 saturated heterocycles. The normalized spacial score (nSPS) is 17.6. The van der Waals surface area contributed by atoms with Crippen molar-refractivity contribution >= 4 is 45.9 Å². The lowest BCUT2D eigenvalue weighted by Crippen LogP contribution is -2.45. The molecule has 14 nitrogen and oxygen atoms in total. The summed E-state index contributed by atoms with van der Waals surface area (Å²) in [5.41, 5.74) is 3.39. The minimum atomic E-state index is -0.170. The van der Waals surface area contributed by atoms with Crippen molar-refractivity contribution in [1.29, 1.82) is 0 Å². The van der Waals surface area contributed by atoms with Gasteiger partial charge in [0.2, 0.25) is 5.95 Å². The van der Waals surface area contributed by atoms with Gasteiger partial charge < -0.3 is 30.7 Å². The molecule has 1 atom stereocenters. The highest BCUT2D eigenvalue weighted by Gasteiger charge is 2.21. The number of carbonyl (C=O) groups is 1. The third kappa shape index (κ3) is 7.95. The molecule has 6 rings (SSSR count). The molecule has 250 valence electrons. The largest absolute Gasteiger partial charge is 0.396 e. The van der Waals surface area contributed by atoms with Crippen LogP contribution in [0.4, 0.5) is 29.0 Å². The third-order valence-corrected chi connectivity index (χ3v) is 9.05. The number of nitrogens with zero attached hydrogens (tertiary/aromatic N) is 8. The van der Waals surface area contributed by atoms with E-state index in [1.807, 2.05) is 26.1 Å². The summed E-state index contributed by atoms with van der Waals surface area (Å²) in [4.78, 5) is 36.0. The maximum Gasteiger partial charge on any atom is 0.252 e. The predicted molar refractivity (Wildman–Crippen MR) is 182 cm³/mol. The number of rotatable bonds is 12. The van der Waals surface area contributed by atoms with E-state index in [-0.39, 0.29) is 18.6 Å². The van der Waals surface area contributed by atoms with E-state index >= 15 is 0 Å². The van der Waals surface area contributed by atoms with Gasteiger partial charge in [0.15, 0.2) is 11.5 Å². The van der Waals surface area contributed by atoms with E-state index in [0.29, 0.717) is 41.1 Å². The van der Waals surface area contributed by atoms with Crippen molar-refractivity contribution in [2.24, 2.45) is 13.0 Å². The van der Waals surface area contributed by atoms with Crippen LogP contribution in [0.3, 0.4) is 0 Å². The molecule has 0 unspecified atom stereocenters. The number of anilines is 5. The molecule has 0 radical (unpaired) electrons. The fourth-order valence-electron chi connectivity index (χ4n) is 6.19. The Morgan fingerprint density at radius 1 is 1.11 bits per heavy atom. The fourth-order valence-corrected chi connectivity index (χ4v) is 6.19. The van der Waals surface area contributed by atoms with Crippen LogP contribution in [-0.2, 0) is 11.8 Å². The Morgan fingerprint density at radius 3 is 2.77 bits per heavy atom. The summed E-state index contributed by atoms with van der Waals surface area (Å²) in [7, 11) is 1.83. The number of aliphatic hydroxyl groups is 1. The van der Waals surface area contributed by atoms with Crippen LogP contribution in [0.2, 0.25) is 0 Å². The topological polar surface area (TPSA) is 158 Å². The number of hydrogen-bond donors (Lipinski definition) is 4. The summed E-state index contributed by atoms with van der Waals surface area (Å²) >= 11 is 0. The smallest absolute Gasteiger partial charge is 0.252 e. The van der Waals surface area contributed by atoms with Gasteiger partial charge >= 0.3 is 0 Å². The maximum absolute atomic E-state index is 13.0. The molecule has 2 aliphatic rings. The zero-order valence-electron chi connectivity index (χ0n) is 27.4. The zero-order valence-corrected chi connectivity index (χ0v) is 27.4. The van der Waals surface area contributed by atoms with E-state index in [1.54, 1.807) is 29.3 Å². The lowest BCUT2D eigenvalue weighted by molar-refractivity contribution is -0.0289. The van der Waals surface area contributed by atoms with Crippen LogP contribution in [-0.4, -0.2) is 104 Å². The summed E-state index contributed by atoms with van der Waals surface area (Å²) in [5.74, 6) is 2.34. The van der Waals surface area contributed by atoms with Crippen LogP contribution < -0.4 is 20.9 Å². The van der Waals surface area contributed by atoms with Crippen LogP contribution >= 0.6 is 0 Å². The first kappa shape index (κ1) is 32.5. The highest BCUT2D eigenvalue weighted by molar-refractivity contribution is 5.96. The number of piperidine rings is 1. The maximum atomic E-state index is 13.0. The highest BCUT2D eigenvalue weighted by Crippen LogP contribution is 2.28. The average molecular weight is 644 g/mol. The minimum absolute atomic E-state index is 0.170. The molecule has 4 aromatic rings. The Hall–Kier alpha value is -4.40. The second-order valence-electron chi connectivity index (χ2n) is 12.3. The number of ether oxygens (including phenoxy) is 1. The van der Waals surface area contributed by atoms with Crippen molar-refractivity contribution in [3.8, 4) is 0 Å². The van der Waals surface area contributed by atoms with Gasteiger partial charge in [-0.25, -0.2) is 14.6 Å². The summed E-state index contributed by atoms with van der Waals surface area (Å²) in [5, 5.41) is 24.3. The number of hydrogen-bond acceptors (Lipinski definition) is 12. The van der Waals surface area contributed by atoms with Crippen molar-refractivity contribution in [3.05, 3.63) is 48.0 Å². The summed E-state index contributed by atoms with van der Waals surface area (Å²) in [6.07, 6.45) is 9.35. The first-order valence-electron chi connectivity index (χ1n) is 16.5. The molecule has 2 fully saturated rings. The molecule has 47 heavy (non-hydrogen) atoms. The number of nitrogens with one attached hydrogen (secondary N) is 3. The molecule has 0 saturated carbocycles. The highest BCUT2D eigenvalue weighted by atomic mass is 16.5. The number of morpholine rings is 1. The van der Waals surface area contributed by atoms with Crippen LogP contribution in [0.1, 0.15) is 48.7 Å². The first-order valence-corrected chi connectivity index (χ1v) is 16.5. The van der Waals surface area contributed by atoms with Crippen LogP contribution in [0, 0.1) is 12.8 Å². The molecule has 4 aromatic heterocycles. The minimum Gasteiger partial charge on any atom is -0.396 e. The summed E-state index contributed by atoms with van der Waals surface area (Å²) < 4.78 is 7.45. The van der Waals surface area contributed by atoms with E-state index in [9.17, 15) is 9.90 Å². The number of pyridine rings is 2. The van der Waals surface area contributed by atoms with Gasteiger partial charge in [0.1, 0.15) is 5.82 Å². The lowest BCUT2D eigenvalue weighted by atomic mass is 9.94. The molecule has 2 aliphatic heterocycles. The van der Waals surface area contributed by atoms with Gasteiger partial charge in [0.25, 0.3) is 5.91 Å². The summed E-state index contributed by atoms with van der Waals surface area (Å²) in [6.45, 7) is 9.94. The molecule has 0 aliphatic carbocycles. The number of carbonyl (C=O) groups excluding carboxylic acids is 1. The van der Waals surface area contributed by atoms with Gasteiger partial charge in [-0.05, 0) is 50.7 Å². The molecule has 0 spiro atoms. The van der Waals surface area contributed by atoms with Gasteiger partial charge in [0.05, 0.1) is 35.0 Å². The van der Waals surface area contributed by atoms with Gasteiger partial charge in [-0.2, -0.15) is 10.1 Å². The van der Waals surface area contributed by atoms with Gasteiger partial charge in [-0.15, -0.1) is 0 Å². The zero-order chi connectivity index (χ0) is 32.8. The second kappa shape index (κ2) is 15.0. The van der Waals surface area contributed by atoms with Gasteiger partial charge in [0, 0.05) is 83.3 Å².